The predicted octanol–water partition coefficient (Wildman–Crippen LogP) is 2.26. The molecular formula is C20H30IN3O5. The molecule has 4 rings (SSSR count). The average Bonchev–Trinajstić information content (AvgIpc) is 3.42. The molecule has 1 aromatic rings. The summed E-state index contributed by atoms with van der Waals surface area (Å²) in [4.78, 5) is 7.00. The van der Waals surface area contributed by atoms with Gasteiger partial charge in [-0.1, -0.05) is 0 Å². The van der Waals surface area contributed by atoms with E-state index in [1.54, 1.807) is 0 Å². The van der Waals surface area contributed by atoms with Crippen LogP contribution in [0.5, 0.6) is 17.2 Å². The van der Waals surface area contributed by atoms with Crippen molar-refractivity contribution in [1.29, 1.82) is 0 Å². The molecule has 2 fully saturated rings. The first-order valence-electron chi connectivity index (χ1n) is 10.1. The van der Waals surface area contributed by atoms with Gasteiger partial charge in [0.25, 0.3) is 0 Å². The van der Waals surface area contributed by atoms with E-state index < -0.39 is 0 Å². The van der Waals surface area contributed by atoms with Gasteiger partial charge in [0.1, 0.15) is 18.5 Å². The molecular weight excluding hydrogens is 489 g/mol. The fourth-order valence-corrected chi connectivity index (χ4v) is 3.70. The summed E-state index contributed by atoms with van der Waals surface area (Å²) in [7, 11) is 0. The van der Waals surface area contributed by atoms with Gasteiger partial charge in [0, 0.05) is 32.3 Å². The maximum Gasteiger partial charge on any atom is 0.231 e. The van der Waals surface area contributed by atoms with Crippen molar-refractivity contribution in [3.63, 3.8) is 0 Å². The molecule has 3 heterocycles. The molecule has 2 unspecified atom stereocenters. The van der Waals surface area contributed by atoms with Crippen LogP contribution < -0.4 is 19.5 Å². The third-order valence-electron chi connectivity index (χ3n) is 5.07. The van der Waals surface area contributed by atoms with E-state index in [4.69, 9.17) is 28.7 Å². The van der Waals surface area contributed by atoms with Crippen molar-refractivity contribution in [2.75, 3.05) is 52.8 Å². The van der Waals surface area contributed by atoms with E-state index in [1.165, 1.54) is 0 Å². The number of hydrogen-bond donors (Lipinski definition) is 1. The highest BCUT2D eigenvalue weighted by molar-refractivity contribution is 14.0. The molecule has 0 saturated carbocycles. The highest BCUT2D eigenvalue weighted by atomic mass is 127. The summed E-state index contributed by atoms with van der Waals surface area (Å²) in [6.07, 6.45) is 2.52. The number of benzene rings is 1. The van der Waals surface area contributed by atoms with Gasteiger partial charge in [-0.2, -0.15) is 0 Å². The lowest BCUT2D eigenvalue weighted by Gasteiger charge is -2.37. The number of fused-ring (bicyclic) bond motifs is 1. The van der Waals surface area contributed by atoms with Gasteiger partial charge in [0.15, 0.2) is 17.5 Å². The van der Waals surface area contributed by atoms with E-state index in [2.05, 4.69) is 17.1 Å². The summed E-state index contributed by atoms with van der Waals surface area (Å²) in [5.74, 6) is 3.15. The van der Waals surface area contributed by atoms with Gasteiger partial charge in [0.2, 0.25) is 6.79 Å². The molecule has 0 aromatic heterocycles. The molecule has 1 N–H and O–H groups in total. The fraction of sp³-hybridized carbons (Fsp3) is 0.650. The van der Waals surface area contributed by atoms with Gasteiger partial charge in [-0.25, -0.2) is 4.99 Å². The predicted molar refractivity (Wildman–Crippen MR) is 120 cm³/mol. The minimum absolute atomic E-state index is 0. The molecule has 0 spiro atoms. The monoisotopic (exact) mass is 519 g/mol. The molecule has 1 aromatic carbocycles. The smallest absolute Gasteiger partial charge is 0.231 e. The number of morpholine rings is 1. The Hall–Kier alpha value is -1.46. The Balaban J connectivity index is 0.00000240. The standard InChI is InChI=1S/C20H29N3O5.HI/c1-2-21-20(23-8-11-26-19(13-23)16-4-3-9-25-16)22-7-10-24-15-5-6-17-18(12-15)28-14-27-17;/h5-6,12,16,19H,2-4,7-11,13-14H2,1H3,(H,21,22);1H. The molecule has 8 nitrogen and oxygen atoms in total. The van der Waals surface area contributed by atoms with Gasteiger partial charge in [-0.3, -0.25) is 0 Å². The number of hydrogen-bond acceptors (Lipinski definition) is 6. The second kappa shape index (κ2) is 11.1. The van der Waals surface area contributed by atoms with Gasteiger partial charge in [-0.15, -0.1) is 24.0 Å². The third kappa shape index (κ3) is 5.79. The molecule has 3 aliphatic heterocycles. The summed E-state index contributed by atoms with van der Waals surface area (Å²) in [6, 6.07) is 5.60. The van der Waals surface area contributed by atoms with Crippen LogP contribution in [-0.4, -0.2) is 75.9 Å². The summed E-state index contributed by atoms with van der Waals surface area (Å²) in [5, 5.41) is 3.38. The Bertz CT molecular complexity index is 684. The number of guanidine groups is 1. The molecule has 0 bridgehead atoms. The zero-order chi connectivity index (χ0) is 19.2. The SMILES string of the molecule is CCNC(=NCCOc1ccc2c(c1)OCO2)N1CCOC(C2CCCO2)C1.I. The van der Waals surface area contributed by atoms with Crippen molar-refractivity contribution in [2.24, 2.45) is 4.99 Å². The van der Waals surface area contributed by atoms with Crippen LogP contribution in [0.3, 0.4) is 0 Å². The second-order valence-electron chi connectivity index (χ2n) is 7.01. The van der Waals surface area contributed by atoms with Crippen molar-refractivity contribution in [2.45, 2.75) is 32.0 Å². The molecule has 0 aliphatic carbocycles. The Morgan fingerprint density at radius 3 is 2.90 bits per heavy atom. The quantitative estimate of drug-likeness (QED) is 0.268. The molecule has 29 heavy (non-hydrogen) atoms. The molecule has 2 atom stereocenters. The summed E-state index contributed by atoms with van der Waals surface area (Å²) in [5.41, 5.74) is 0. The van der Waals surface area contributed by atoms with E-state index in [0.29, 0.717) is 19.8 Å². The lowest BCUT2D eigenvalue weighted by atomic mass is 10.1. The molecule has 9 heteroatoms. The van der Waals surface area contributed by atoms with Crippen molar-refractivity contribution in [3.05, 3.63) is 18.2 Å². The van der Waals surface area contributed by atoms with E-state index in [0.717, 1.165) is 62.3 Å². The van der Waals surface area contributed by atoms with Crippen LogP contribution >= 0.6 is 24.0 Å². The minimum Gasteiger partial charge on any atom is -0.492 e. The Kier molecular flexibility index (Phi) is 8.49. The third-order valence-corrected chi connectivity index (χ3v) is 5.07. The van der Waals surface area contributed by atoms with Crippen molar-refractivity contribution in [3.8, 4) is 17.2 Å². The summed E-state index contributed by atoms with van der Waals surface area (Å²) >= 11 is 0. The van der Waals surface area contributed by atoms with Crippen molar-refractivity contribution >= 4 is 29.9 Å². The summed E-state index contributed by atoms with van der Waals surface area (Å²) in [6.45, 7) is 7.41. The first-order chi connectivity index (χ1) is 13.8. The van der Waals surface area contributed by atoms with Crippen LogP contribution in [-0.2, 0) is 9.47 Å². The molecule has 3 aliphatic rings. The normalized spacial score (nSPS) is 23.6. The largest absolute Gasteiger partial charge is 0.492 e. The zero-order valence-corrected chi connectivity index (χ0v) is 19.1. The van der Waals surface area contributed by atoms with Gasteiger partial charge < -0.3 is 33.9 Å². The first-order valence-corrected chi connectivity index (χ1v) is 10.1. The van der Waals surface area contributed by atoms with Crippen LogP contribution in [0, 0.1) is 0 Å². The number of rotatable bonds is 6. The highest BCUT2D eigenvalue weighted by Crippen LogP contribution is 2.35. The van der Waals surface area contributed by atoms with Crippen molar-refractivity contribution < 1.29 is 23.7 Å². The Morgan fingerprint density at radius 1 is 1.21 bits per heavy atom. The van der Waals surface area contributed by atoms with Gasteiger partial charge in [-0.05, 0) is 31.9 Å². The van der Waals surface area contributed by atoms with Crippen LogP contribution in [0.2, 0.25) is 0 Å². The molecule has 162 valence electrons. The number of nitrogens with zero attached hydrogens (tertiary/aromatic N) is 2. The van der Waals surface area contributed by atoms with E-state index in [9.17, 15) is 0 Å². The number of nitrogens with one attached hydrogen (secondary N) is 1. The van der Waals surface area contributed by atoms with Crippen LogP contribution in [0.4, 0.5) is 0 Å². The molecule has 2 saturated heterocycles. The molecule has 0 amide bonds. The zero-order valence-electron chi connectivity index (χ0n) is 16.8. The van der Waals surface area contributed by atoms with Crippen LogP contribution in [0.25, 0.3) is 0 Å². The Morgan fingerprint density at radius 2 is 2.07 bits per heavy atom. The second-order valence-corrected chi connectivity index (χ2v) is 7.01. The number of halogens is 1. The molecule has 0 radical (unpaired) electrons. The van der Waals surface area contributed by atoms with Crippen molar-refractivity contribution in [1.82, 2.24) is 10.2 Å². The number of aliphatic imine (C=N–C) groups is 1. The highest BCUT2D eigenvalue weighted by Gasteiger charge is 2.32. The van der Waals surface area contributed by atoms with Gasteiger partial charge in [0.05, 0.1) is 19.3 Å². The van der Waals surface area contributed by atoms with E-state index >= 15 is 0 Å². The van der Waals surface area contributed by atoms with Crippen LogP contribution in [0.15, 0.2) is 23.2 Å². The first kappa shape index (κ1) is 22.2. The van der Waals surface area contributed by atoms with E-state index in [1.807, 2.05) is 18.2 Å². The summed E-state index contributed by atoms with van der Waals surface area (Å²) < 4.78 is 28.3. The minimum atomic E-state index is 0. The van der Waals surface area contributed by atoms with Crippen LogP contribution in [0.1, 0.15) is 19.8 Å². The lowest BCUT2D eigenvalue weighted by Crippen LogP contribution is -2.53. The van der Waals surface area contributed by atoms with E-state index in [-0.39, 0.29) is 43.0 Å². The average molecular weight is 519 g/mol. The Labute approximate surface area is 188 Å². The van der Waals surface area contributed by atoms with Gasteiger partial charge >= 0.3 is 0 Å². The lowest BCUT2D eigenvalue weighted by molar-refractivity contribution is -0.0817. The number of ether oxygens (including phenoxy) is 5. The maximum absolute atomic E-state index is 5.94. The maximum atomic E-state index is 5.94. The fourth-order valence-electron chi connectivity index (χ4n) is 3.70. The topological polar surface area (TPSA) is 73.8 Å².